The SMILES string of the molecule is CCCC(=O)NCc1ccc(Cl)c(C2NC(=O)CC(c3ccc(OC(F)F)nc3)N2)c1F. The molecule has 0 spiro atoms. The summed E-state index contributed by atoms with van der Waals surface area (Å²) in [4.78, 5) is 27.8. The maximum Gasteiger partial charge on any atom is 0.388 e. The van der Waals surface area contributed by atoms with E-state index in [1.54, 1.807) is 0 Å². The summed E-state index contributed by atoms with van der Waals surface area (Å²) in [5, 5.41) is 8.51. The van der Waals surface area contributed by atoms with Crippen LogP contribution in [0.25, 0.3) is 0 Å². The summed E-state index contributed by atoms with van der Waals surface area (Å²) in [5.41, 5.74) is 0.797. The van der Waals surface area contributed by atoms with E-state index in [1.165, 1.54) is 30.5 Å². The van der Waals surface area contributed by atoms with Crippen molar-refractivity contribution in [3.05, 3.63) is 58.0 Å². The number of ether oxygens (including phenoxy) is 1. The Kier molecular flexibility index (Phi) is 7.92. The van der Waals surface area contributed by atoms with Gasteiger partial charge in [-0.2, -0.15) is 8.78 Å². The Morgan fingerprint density at radius 2 is 2.12 bits per heavy atom. The molecule has 3 rings (SSSR count). The van der Waals surface area contributed by atoms with E-state index in [0.29, 0.717) is 18.4 Å². The first-order valence-corrected chi connectivity index (χ1v) is 10.4. The molecule has 2 aromatic rings. The van der Waals surface area contributed by atoms with Gasteiger partial charge in [-0.1, -0.05) is 30.7 Å². The fourth-order valence-electron chi connectivity index (χ4n) is 3.36. The number of hydrogen-bond donors (Lipinski definition) is 3. The summed E-state index contributed by atoms with van der Waals surface area (Å²) < 4.78 is 44.1. The van der Waals surface area contributed by atoms with Gasteiger partial charge in [0.15, 0.2) is 0 Å². The summed E-state index contributed by atoms with van der Waals surface area (Å²) in [7, 11) is 0. The van der Waals surface area contributed by atoms with Gasteiger partial charge in [0.05, 0.1) is 5.02 Å². The Hall–Kier alpha value is -2.85. The lowest BCUT2D eigenvalue weighted by molar-refractivity contribution is -0.124. The fourth-order valence-corrected chi connectivity index (χ4v) is 3.62. The lowest BCUT2D eigenvalue weighted by atomic mass is 9.99. The molecule has 32 heavy (non-hydrogen) atoms. The lowest BCUT2D eigenvalue weighted by Crippen LogP contribution is -2.47. The molecule has 1 fully saturated rings. The lowest BCUT2D eigenvalue weighted by Gasteiger charge is -2.33. The number of aromatic nitrogens is 1. The summed E-state index contributed by atoms with van der Waals surface area (Å²) in [5.74, 6) is -1.46. The molecule has 1 aromatic carbocycles. The molecule has 3 N–H and O–H groups in total. The van der Waals surface area contributed by atoms with Crippen LogP contribution in [0.4, 0.5) is 13.2 Å². The number of amides is 2. The smallest absolute Gasteiger partial charge is 0.388 e. The average Bonchev–Trinajstić information content (AvgIpc) is 2.73. The van der Waals surface area contributed by atoms with Crippen LogP contribution in [0.2, 0.25) is 5.02 Å². The van der Waals surface area contributed by atoms with Crippen LogP contribution in [-0.4, -0.2) is 23.4 Å². The van der Waals surface area contributed by atoms with Crippen LogP contribution in [0.5, 0.6) is 5.88 Å². The number of nitrogens with zero attached hydrogens (tertiary/aromatic N) is 1. The highest BCUT2D eigenvalue weighted by Crippen LogP contribution is 2.32. The minimum atomic E-state index is -3.00. The van der Waals surface area contributed by atoms with Gasteiger partial charge in [0.1, 0.15) is 12.0 Å². The minimum Gasteiger partial charge on any atom is -0.417 e. The molecule has 2 atom stereocenters. The van der Waals surface area contributed by atoms with Crippen LogP contribution < -0.4 is 20.7 Å². The molecular formula is C21H22ClF3N4O3. The third-order valence-electron chi connectivity index (χ3n) is 4.88. The Balaban J connectivity index is 1.80. The maximum atomic E-state index is 15.3. The Bertz CT molecular complexity index is 976. The quantitative estimate of drug-likeness (QED) is 0.546. The van der Waals surface area contributed by atoms with Crippen molar-refractivity contribution in [3.8, 4) is 5.88 Å². The molecule has 172 valence electrons. The van der Waals surface area contributed by atoms with Gasteiger partial charge in [0.2, 0.25) is 17.7 Å². The zero-order valence-electron chi connectivity index (χ0n) is 17.1. The highest BCUT2D eigenvalue weighted by molar-refractivity contribution is 6.31. The summed E-state index contributed by atoms with van der Waals surface area (Å²) in [6.45, 7) is -1.15. The predicted molar refractivity (Wildman–Crippen MR) is 110 cm³/mol. The molecule has 2 heterocycles. The molecule has 1 aromatic heterocycles. The number of rotatable bonds is 8. The van der Waals surface area contributed by atoms with E-state index >= 15 is 4.39 Å². The number of pyridine rings is 1. The third kappa shape index (κ3) is 5.89. The van der Waals surface area contributed by atoms with Crippen LogP contribution in [-0.2, 0) is 16.1 Å². The summed E-state index contributed by atoms with van der Waals surface area (Å²) >= 11 is 6.24. The van der Waals surface area contributed by atoms with Crippen LogP contribution >= 0.6 is 11.6 Å². The normalized spacial score (nSPS) is 18.4. The van der Waals surface area contributed by atoms with E-state index in [1.807, 2.05) is 6.92 Å². The first-order valence-electron chi connectivity index (χ1n) is 9.98. The second-order valence-electron chi connectivity index (χ2n) is 7.19. The zero-order valence-corrected chi connectivity index (χ0v) is 17.9. The van der Waals surface area contributed by atoms with E-state index in [0.717, 1.165) is 0 Å². The van der Waals surface area contributed by atoms with Gasteiger partial charge in [-0.25, -0.2) is 9.37 Å². The molecule has 11 heteroatoms. The van der Waals surface area contributed by atoms with Crippen molar-refractivity contribution < 1.29 is 27.5 Å². The number of alkyl halides is 2. The zero-order chi connectivity index (χ0) is 23.3. The first kappa shape index (κ1) is 23.8. The van der Waals surface area contributed by atoms with Gasteiger partial charge in [-0.15, -0.1) is 0 Å². The topological polar surface area (TPSA) is 92.4 Å². The first-order chi connectivity index (χ1) is 15.3. The Morgan fingerprint density at radius 1 is 1.34 bits per heavy atom. The monoisotopic (exact) mass is 470 g/mol. The van der Waals surface area contributed by atoms with Crippen molar-refractivity contribution in [2.75, 3.05) is 0 Å². The molecular weight excluding hydrogens is 449 g/mol. The number of carbonyl (C=O) groups excluding carboxylic acids is 2. The van der Waals surface area contributed by atoms with E-state index in [9.17, 15) is 18.4 Å². The number of nitrogens with one attached hydrogen (secondary N) is 3. The van der Waals surface area contributed by atoms with Crippen LogP contribution in [0.1, 0.15) is 55.1 Å². The van der Waals surface area contributed by atoms with Gasteiger partial charge in [-0.05, 0) is 18.1 Å². The second-order valence-corrected chi connectivity index (χ2v) is 7.60. The largest absolute Gasteiger partial charge is 0.417 e. The van der Waals surface area contributed by atoms with E-state index < -0.39 is 24.6 Å². The number of benzene rings is 1. The Morgan fingerprint density at radius 3 is 2.78 bits per heavy atom. The molecule has 1 saturated heterocycles. The molecule has 0 bridgehead atoms. The molecule has 7 nitrogen and oxygen atoms in total. The van der Waals surface area contributed by atoms with Crippen molar-refractivity contribution in [3.63, 3.8) is 0 Å². The van der Waals surface area contributed by atoms with Gasteiger partial charge in [0.25, 0.3) is 0 Å². The van der Waals surface area contributed by atoms with Gasteiger partial charge < -0.3 is 15.4 Å². The molecule has 0 radical (unpaired) electrons. The van der Waals surface area contributed by atoms with Gasteiger partial charge in [0, 0.05) is 48.8 Å². The number of halogens is 4. The van der Waals surface area contributed by atoms with Crippen molar-refractivity contribution in [2.24, 2.45) is 0 Å². The maximum absolute atomic E-state index is 15.3. The average molecular weight is 471 g/mol. The molecule has 1 aliphatic rings. The van der Waals surface area contributed by atoms with Crippen molar-refractivity contribution in [1.82, 2.24) is 20.9 Å². The summed E-state index contributed by atoms with van der Waals surface area (Å²) in [6.07, 6.45) is 1.39. The third-order valence-corrected chi connectivity index (χ3v) is 5.21. The van der Waals surface area contributed by atoms with Crippen LogP contribution in [0, 0.1) is 5.82 Å². The van der Waals surface area contributed by atoms with Crippen molar-refractivity contribution in [2.45, 2.75) is 51.6 Å². The molecule has 2 amide bonds. The van der Waals surface area contributed by atoms with Crippen LogP contribution in [0.15, 0.2) is 30.5 Å². The second kappa shape index (κ2) is 10.6. The minimum absolute atomic E-state index is 0.0194. The molecule has 2 unspecified atom stereocenters. The molecule has 0 aliphatic carbocycles. The van der Waals surface area contributed by atoms with Crippen molar-refractivity contribution in [1.29, 1.82) is 0 Å². The van der Waals surface area contributed by atoms with Crippen LogP contribution in [0.3, 0.4) is 0 Å². The van der Waals surface area contributed by atoms with E-state index in [-0.39, 0.29) is 46.8 Å². The summed E-state index contributed by atoms with van der Waals surface area (Å²) in [6, 6.07) is 5.16. The van der Waals surface area contributed by atoms with Gasteiger partial charge >= 0.3 is 6.61 Å². The number of carbonyl (C=O) groups is 2. The highest BCUT2D eigenvalue weighted by Gasteiger charge is 2.31. The molecule has 0 saturated carbocycles. The predicted octanol–water partition coefficient (Wildman–Crippen LogP) is 3.74. The van der Waals surface area contributed by atoms with Gasteiger partial charge in [-0.3, -0.25) is 14.9 Å². The fraction of sp³-hybridized carbons (Fsp3) is 0.381. The van der Waals surface area contributed by atoms with Crippen molar-refractivity contribution >= 4 is 23.4 Å². The highest BCUT2D eigenvalue weighted by atomic mass is 35.5. The Labute approximate surface area is 187 Å². The number of hydrogen-bond acceptors (Lipinski definition) is 5. The molecule has 1 aliphatic heterocycles. The van der Waals surface area contributed by atoms with E-state index in [2.05, 4.69) is 25.7 Å². The van der Waals surface area contributed by atoms with E-state index in [4.69, 9.17) is 11.6 Å². The standard InChI is InChI=1S/C21H22ClF3N4O3/c1-2-3-15(30)26-10-12-4-6-13(22)18(19(12)23)20-28-14(8-16(31)29-20)11-5-7-17(27-9-11)32-21(24)25/h4-7,9,14,20-21,28H,2-3,8,10H2,1H3,(H,26,30)(H,29,31).